The second-order valence-corrected chi connectivity index (χ2v) is 4.23. The average molecular weight is 229 g/mol. The van der Waals surface area contributed by atoms with Crippen molar-refractivity contribution in [2.45, 2.75) is 71.1 Å². The minimum absolute atomic E-state index is 0.210. The van der Waals surface area contributed by atoms with Crippen molar-refractivity contribution in [3.8, 4) is 0 Å². The Morgan fingerprint density at radius 3 is 1.94 bits per heavy atom. The van der Waals surface area contributed by atoms with Crippen molar-refractivity contribution in [2.75, 3.05) is 0 Å². The second kappa shape index (κ2) is 12.5. The third-order valence-electron chi connectivity index (χ3n) is 2.70. The van der Waals surface area contributed by atoms with Crippen LogP contribution in [0.3, 0.4) is 0 Å². The Bertz CT molecular complexity index is 163. The molecule has 0 bridgehead atoms. The molecule has 0 fully saturated rings. The van der Waals surface area contributed by atoms with Crippen LogP contribution in [0.2, 0.25) is 0 Å². The summed E-state index contributed by atoms with van der Waals surface area (Å²) in [7, 11) is 0. The fourth-order valence-corrected chi connectivity index (χ4v) is 1.72. The minimum Gasteiger partial charge on any atom is -0.770 e. The average Bonchev–Trinajstić information content (AvgIpc) is 2.27. The van der Waals surface area contributed by atoms with Gasteiger partial charge in [0.2, 0.25) is 5.91 Å². The zero-order valence-corrected chi connectivity index (χ0v) is 10.4. The molecule has 96 valence electrons. The van der Waals surface area contributed by atoms with Gasteiger partial charge in [-0.25, -0.2) is 0 Å². The maximum Gasteiger partial charge on any atom is 0.233 e. The van der Waals surface area contributed by atoms with Crippen LogP contribution in [-0.4, -0.2) is 5.91 Å². The summed E-state index contributed by atoms with van der Waals surface area (Å²) in [5.74, 6) is -0.210. The first-order valence-corrected chi connectivity index (χ1v) is 6.47. The lowest BCUT2D eigenvalue weighted by atomic mass is 10.1. The fraction of sp³-hybridized carbons (Fsp3) is 0.917. The van der Waals surface area contributed by atoms with E-state index in [1.54, 1.807) is 0 Å². The van der Waals surface area contributed by atoms with Gasteiger partial charge in [-0.2, -0.15) is 0 Å². The zero-order chi connectivity index (χ0) is 12.1. The lowest BCUT2D eigenvalue weighted by Gasteiger charge is -2.08. The predicted molar refractivity (Wildman–Crippen MR) is 66.5 cm³/mol. The molecule has 0 aromatic carbocycles. The molecule has 0 heterocycles. The van der Waals surface area contributed by atoms with Gasteiger partial charge in [0.25, 0.3) is 0 Å². The molecule has 0 aliphatic rings. The predicted octanol–water partition coefficient (Wildman–Crippen LogP) is 3.03. The van der Waals surface area contributed by atoms with Crippen molar-refractivity contribution in [1.82, 2.24) is 11.0 Å². The van der Waals surface area contributed by atoms with Gasteiger partial charge in [-0.15, -0.1) is 0 Å². The van der Waals surface area contributed by atoms with Crippen LogP contribution in [0.15, 0.2) is 0 Å². The molecule has 0 atom stereocenters. The highest BCUT2D eigenvalue weighted by Crippen LogP contribution is 2.10. The summed E-state index contributed by atoms with van der Waals surface area (Å²) in [6.07, 6.45) is 11.5. The van der Waals surface area contributed by atoms with E-state index in [0.29, 0.717) is 6.42 Å². The van der Waals surface area contributed by atoms with E-state index in [1.165, 1.54) is 50.5 Å². The number of hydrogen-bond acceptors (Lipinski definition) is 3. The number of rotatable bonds is 11. The van der Waals surface area contributed by atoms with E-state index in [9.17, 15) is 10.0 Å². The maximum atomic E-state index is 10.9. The van der Waals surface area contributed by atoms with E-state index in [2.05, 4.69) is 6.92 Å². The molecule has 0 saturated heterocycles. The molecule has 0 aromatic rings. The van der Waals surface area contributed by atoms with Crippen molar-refractivity contribution in [1.29, 1.82) is 0 Å². The van der Waals surface area contributed by atoms with Crippen LogP contribution in [0.25, 0.3) is 0 Å². The summed E-state index contributed by atoms with van der Waals surface area (Å²) >= 11 is 0. The van der Waals surface area contributed by atoms with Crippen LogP contribution >= 0.6 is 0 Å². The normalized spacial score (nSPS) is 10.4. The van der Waals surface area contributed by atoms with Gasteiger partial charge in [0.15, 0.2) is 0 Å². The van der Waals surface area contributed by atoms with Crippen molar-refractivity contribution in [3.63, 3.8) is 0 Å². The fourth-order valence-electron chi connectivity index (χ4n) is 1.72. The van der Waals surface area contributed by atoms with Crippen LogP contribution in [0, 0.1) is 5.21 Å². The Hall–Kier alpha value is -0.610. The van der Waals surface area contributed by atoms with E-state index >= 15 is 0 Å². The van der Waals surface area contributed by atoms with Crippen molar-refractivity contribution in [3.05, 3.63) is 5.21 Å². The molecule has 2 N–H and O–H groups in total. The highest BCUT2D eigenvalue weighted by atomic mass is 16.5. The topological polar surface area (TPSA) is 64.2 Å². The maximum absolute atomic E-state index is 10.9. The van der Waals surface area contributed by atoms with Gasteiger partial charge in [0.05, 0.1) is 0 Å². The van der Waals surface area contributed by atoms with Crippen LogP contribution in [0.1, 0.15) is 71.1 Å². The minimum atomic E-state index is -0.210. The number of amides is 1. The monoisotopic (exact) mass is 229 g/mol. The van der Waals surface area contributed by atoms with Crippen molar-refractivity contribution < 1.29 is 4.79 Å². The number of carbonyl (C=O) groups is 1. The van der Waals surface area contributed by atoms with Gasteiger partial charge in [-0.05, 0) is 6.42 Å². The molecule has 0 aliphatic carbocycles. The van der Waals surface area contributed by atoms with E-state index in [0.717, 1.165) is 12.8 Å². The molecule has 1 amide bonds. The van der Waals surface area contributed by atoms with Crippen LogP contribution in [0.5, 0.6) is 0 Å². The molecule has 0 aromatic heterocycles. The van der Waals surface area contributed by atoms with Gasteiger partial charge in [-0.1, -0.05) is 58.3 Å². The van der Waals surface area contributed by atoms with Crippen LogP contribution in [0.4, 0.5) is 0 Å². The molecule has 0 spiro atoms. The van der Waals surface area contributed by atoms with Gasteiger partial charge >= 0.3 is 0 Å². The number of nitrogens with one attached hydrogen (secondary N) is 2. The highest BCUT2D eigenvalue weighted by molar-refractivity contribution is 5.75. The highest BCUT2D eigenvalue weighted by Gasteiger charge is 1.97. The summed E-state index contributed by atoms with van der Waals surface area (Å²) in [5, 5.41) is 9.82. The molecule has 0 radical (unpaired) electrons. The van der Waals surface area contributed by atoms with Gasteiger partial charge in [0.1, 0.15) is 0 Å². The largest absolute Gasteiger partial charge is 0.770 e. The zero-order valence-electron chi connectivity index (χ0n) is 10.4. The van der Waals surface area contributed by atoms with E-state index < -0.39 is 0 Å². The SMILES string of the molecule is CCCCCCCCCCCC(=O)NN[O-]. The van der Waals surface area contributed by atoms with Crippen LogP contribution < -0.4 is 11.0 Å². The van der Waals surface area contributed by atoms with Crippen LogP contribution in [-0.2, 0) is 4.79 Å². The second-order valence-electron chi connectivity index (χ2n) is 4.23. The summed E-state index contributed by atoms with van der Waals surface area (Å²) in [5.41, 5.74) is 3.42. The number of hydrogen-bond donors (Lipinski definition) is 2. The standard InChI is InChI=1S/C12H25N2O2/c1-2-3-4-5-6-7-8-9-10-11-12(15)13-14-16/h14H,2-11H2,1H3,(H,13,15)/q-1. The lowest BCUT2D eigenvalue weighted by molar-refractivity contribution is -0.121. The smallest absolute Gasteiger partial charge is 0.233 e. The van der Waals surface area contributed by atoms with Crippen molar-refractivity contribution in [2.24, 2.45) is 0 Å². The Labute approximate surface area is 98.7 Å². The Balaban J connectivity index is 3.01. The van der Waals surface area contributed by atoms with Gasteiger partial charge in [-0.3, -0.25) is 4.79 Å². The molecule has 4 heteroatoms. The first-order valence-electron chi connectivity index (χ1n) is 6.47. The molecule has 0 aliphatic heterocycles. The lowest BCUT2D eigenvalue weighted by Crippen LogP contribution is -2.32. The van der Waals surface area contributed by atoms with E-state index in [-0.39, 0.29) is 5.91 Å². The number of hydrazine groups is 1. The first-order chi connectivity index (χ1) is 7.81. The third kappa shape index (κ3) is 11.5. The molecule has 0 rings (SSSR count). The van der Waals surface area contributed by atoms with Gasteiger partial charge in [0, 0.05) is 6.42 Å². The summed E-state index contributed by atoms with van der Waals surface area (Å²) in [4.78, 5) is 10.9. The summed E-state index contributed by atoms with van der Waals surface area (Å²) < 4.78 is 0. The molecule has 4 nitrogen and oxygen atoms in total. The number of unbranched alkanes of at least 4 members (excludes halogenated alkanes) is 8. The van der Waals surface area contributed by atoms with Crippen molar-refractivity contribution >= 4 is 5.91 Å². The number of carbonyl (C=O) groups excluding carboxylic acids is 1. The Kier molecular flexibility index (Phi) is 12.0. The molecule has 0 saturated carbocycles. The van der Waals surface area contributed by atoms with E-state index in [4.69, 9.17) is 0 Å². The molecular formula is C12H25N2O2-. The Morgan fingerprint density at radius 1 is 0.938 bits per heavy atom. The molecule has 16 heavy (non-hydrogen) atoms. The third-order valence-corrected chi connectivity index (χ3v) is 2.70. The first kappa shape index (κ1) is 15.4. The molecular weight excluding hydrogens is 204 g/mol. The molecule has 0 unspecified atom stereocenters. The van der Waals surface area contributed by atoms with Gasteiger partial charge < -0.3 is 16.2 Å². The summed E-state index contributed by atoms with van der Waals surface area (Å²) in [6, 6.07) is 0. The quantitative estimate of drug-likeness (QED) is 0.423. The summed E-state index contributed by atoms with van der Waals surface area (Å²) in [6.45, 7) is 2.22. The van der Waals surface area contributed by atoms with E-state index in [1.807, 2.05) is 5.43 Å². The Morgan fingerprint density at radius 2 is 1.44 bits per heavy atom.